The average molecular weight is 465 g/mol. The number of aliphatic carboxylic acids is 1. The normalized spacial score (nSPS) is 11.8. The number of hydrogen-bond donors (Lipinski definition) is 3. The van der Waals surface area contributed by atoms with E-state index in [2.05, 4.69) is 5.32 Å². The third-order valence-electron chi connectivity index (χ3n) is 5.35. The Labute approximate surface area is 191 Å². The van der Waals surface area contributed by atoms with Crippen LogP contribution >= 0.6 is 0 Å². The molecule has 0 aliphatic carbocycles. The summed E-state index contributed by atoms with van der Waals surface area (Å²) in [6.07, 6.45) is 1.83. The summed E-state index contributed by atoms with van der Waals surface area (Å²) in [5, 5.41) is 33.3. The Morgan fingerprint density at radius 2 is 1.88 bits per heavy atom. The topological polar surface area (TPSA) is 116 Å². The average Bonchev–Trinajstić information content (AvgIpc) is 2.76. The van der Waals surface area contributed by atoms with E-state index in [9.17, 15) is 25.1 Å². The molecule has 0 aliphatic heterocycles. The monoisotopic (exact) mass is 465 g/mol. The summed E-state index contributed by atoms with van der Waals surface area (Å²) in [6, 6.07) is 7.15. The third-order valence-corrected chi connectivity index (χ3v) is 5.35. The number of unbranched alkanes of at least 4 members (excludes halogenated alkanes) is 2. The van der Waals surface area contributed by atoms with Crippen molar-refractivity contribution in [2.24, 2.45) is 0 Å². The zero-order chi connectivity index (χ0) is 24.5. The summed E-state index contributed by atoms with van der Waals surface area (Å²) in [5.41, 5.74) is -1.69. The summed E-state index contributed by atoms with van der Waals surface area (Å²) in [4.78, 5) is 24.1. The fourth-order valence-corrected chi connectivity index (χ4v) is 3.65. The number of aliphatic hydroxyl groups excluding tert-OH is 1. The molecule has 0 unspecified atom stereocenters. The van der Waals surface area contributed by atoms with Gasteiger partial charge < -0.3 is 20.4 Å². The van der Waals surface area contributed by atoms with Crippen LogP contribution in [-0.2, 0) is 17.6 Å². The van der Waals surface area contributed by atoms with Crippen molar-refractivity contribution in [2.45, 2.75) is 45.1 Å². The van der Waals surface area contributed by atoms with E-state index in [1.807, 2.05) is 6.92 Å². The summed E-state index contributed by atoms with van der Waals surface area (Å²) in [5.74, 6) is -3.69. The number of nitro benzene ring substituents is 1. The first-order valence-corrected chi connectivity index (χ1v) is 10.8. The van der Waals surface area contributed by atoms with E-state index in [1.54, 1.807) is 30.3 Å². The minimum atomic E-state index is -1.40. The van der Waals surface area contributed by atoms with Crippen molar-refractivity contribution in [3.63, 3.8) is 0 Å². The number of nitro groups is 1. The number of likely N-dealkylation sites (N-methyl/N-ethyl adjacent to an activating group) is 1. The molecule has 2 rings (SSSR count). The fraction of sp³-hybridized carbons (Fsp3) is 0.435. The smallest absolute Gasteiger partial charge is 0.326 e. The Morgan fingerprint density at radius 1 is 1.21 bits per heavy atom. The Bertz CT molecular complexity index is 973. The van der Waals surface area contributed by atoms with E-state index in [4.69, 9.17) is 0 Å². The van der Waals surface area contributed by atoms with Crippen LogP contribution in [0.4, 0.5) is 25.8 Å². The van der Waals surface area contributed by atoms with E-state index in [-0.39, 0.29) is 24.9 Å². The maximum atomic E-state index is 15.5. The quantitative estimate of drug-likeness (QED) is 0.231. The van der Waals surface area contributed by atoms with Gasteiger partial charge in [-0.3, -0.25) is 10.1 Å². The van der Waals surface area contributed by atoms with Crippen LogP contribution in [0.3, 0.4) is 0 Å². The molecule has 33 heavy (non-hydrogen) atoms. The highest BCUT2D eigenvalue weighted by atomic mass is 19.1. The highest BCUT2D eigenvalue weighted by Gasteiger charge is 2.35. The third kappa shape index (κ3) is 6.38. The molecule has 180 valence electrons. The molecule has 0 aromatic heterocycles. The van der Waals surface area contributed by atoms with Gasteiger partial charge in [-0.05, 0) is 18.4 Å². The van der Waals surface area contributed by atoms with E-state index in [0.29, 0.717) is 18.4 Å². The molecule has 2 aromatic rings. The minimum absolute atomic E-state index is 0.0126. The van der Waals surface area contributed by atoms with Gasteiger partial charge in [0.2, 0.25) is 0 Å². The first-order valence-electron chi connectivity index (χ1n) is 10.8. The summed E-state index contributed by atoms with van der Waals surface area (Å²) in [6.45, 7) is 1.40. The van der Waals surface area contributed by atoms with Crippen LogP contribution in [0.25, 0.3) is 0 Å². The zero-order valence-corrected chi connectivity index (χ0v) is 18.7. The molecule has 3 N–H and O–H groups in total. The van der Waals surface area contributed by atoms with Gasteiger partial charge in [0.1, 0.15) is 11.7 Å². The van der Waals surface area contributed by atoms with Crippen LogP contribution in [0.5, 0.6) is 0 Å². The number of benzene rings is 2. The van der Waals surface area contributed by atoms with Crippen molar-refractivity contribution < 1.29 is 28.7 Å². The maximum Gasteiger partial charge on any atom is 0.326 e. The van der Waals surface area contributed by atoms with Crippen molar-refractivity contribution in [2.75, 3.05) is 30.4 Å². The lowest BCUT2D eigenvalue weighted by molar-refractivity contribution is -0.385. The molecule has 0 bridgehead atoms. The van der Waals surface area contributed by atoms with E-state index in [1.165, 1.54) is 7.05 Å². The number of carbonyl (C=O) groups is 1. The van der Waals surface area contributed by atoms with Gasteiger partial charge in [-0.1, -0.05) is 50.1 Å². The van der Waals surface area contributed by atoms with Crippen molar-refractivity contribution in [3.05, 3.63) is 63.2 Å². The number of nitrogens with zero attached hydrogens (tertiary/aromatic N) is 2. The van der Waals surface area contributed by atoms with Crippen LogP contribution in [0.15, 0.2) is 30.3 Å². The first kappa shape index (κ1) is 26.0. The van der Waals surface area contributed by atoms with E-state index < -0.39 is 52.2 Å². The van der Waals surface area contributed by atoms with E-state index >= 15 is 8.78 Å². The highest BCUT2D eigenvalue weighted by Crippen LogP contribution is 2.41. The van der Waals surface area contributed by atoms with E-state index in [0.717, 1.165) is 11.3 Å². The zero-order valence-electron chi connectivity index (χ0n) is 18.7. The molecule has 0 radical (unpaired) electrons. The molecule has 0 saturated heterocycles. The second-order valence-corrected chi connectivity index (χ2v) is 7.76. The number of rotatable bonds is 13. The predicted octanol–water partition coefficient (Wildman–Crippen LogP) is 4.14. The molecule has 0 aliphatic rings. The molecule has 0 saturated carbocycles. The molecule has 0 fully saturated rings. The molecule has 8 nitrogen and oxygen atoms in total. The van der Waals surface area contributed by atoms with Gasteiger partial charge in [-0.2, -0.15) is 0 Å². The Kier molecular flexibility index (Phi) is 9.53. The van der Waals surface area contributed by atoms with Crippen molar-refractivity contribution >= 4 is 23.0 Å². The molecular weight excluding hydrogens is 436 g/mol. The van der Waals surface area contributed by atoms with Gasteiger partial charge in [-0.15, -0.1) is 0 Å². The van der Waals surface area contributed by atoms with Crippen LogP contribution in [0.1, 0.15) is 37.3 Å². The van der Waals surface area contributed by atoms with Gasteiger partial charge in [0.05, 0.1) is 17.1 Å². The second-order valence-electron chi connectivity index (χ2n) is 7.76. The van der Waals surface area contributed by atoms with Crippen LogP contribution in [0.2, 0.25) is 0 Å². The van der Waals surface area contributed by atoms with Gasteiger partial charge >= 0.3 is 11.7 Å². The minimum Gasteiger partial charge on any atom is -0.480 e. The molecule has 1 atom stereocenters. The number of hydrogen-bond acceptors (Lipinski definition) is 6. The molecule has 2 aromatic carbocycles. The van der Waals surface area contributed by atoms with Gasteiger partial charge in [0.25, 0.3) is 0 Å². The van der Waals surface area contributed by atoms with Gasteiger partial charge in [0.15, 0.2) is 17.3 Å². The highest BCUT2D eigenvalue weighted by molar-refractivity contribution is 5.82. The number of carboxylic acid groups (broad SMARTS) is 1. The van der Waals surface area contributed by atoms with Crippen LogP contribution in [0, 0.1) is 21.7 Å². The molecule has 0 spiro atoms. The first-order chi connectivity index (χ1) is 15.7. The number of aliphatic hydroxyl groups is 1. The summed E-state index contributed by atoms with van der Waals surface area (Å²) >= 11 is 0. The number of anilines is 2. The number of halogens is 2. The van der Waals surface area contributed by atoms with Crippen molar-refractivity contribution in [1.82, 2.24) is 0 Å². The second kappa shape index (κ2) is 12.1. The van der Waals surface area contributed by atoms with Crippen LogP contribution < -0.4 is 10.2 Å². The molecule has 0 heterocycles. The fourth-order valence-electron chi connectivity index (χ4n) is 3.65. The van der Waals surface area contributed by atoms with Gasteiger partial charge in [-0.25, -0.2) is 13.6 Å². The molecule has 10 heteroatoms. The lowest BCUT2D eigenvalue weighted by atomic mass is 9.99. The standard InChI is InChI=1S/C23H29F2N3O5/c1-3-4-6-11-16-18(24)22(27(2)12-13-29)19(25)20(21(16)28(32)33)26-17(23(30)31)14-15-9-7-5-8-10-15/h5,7-10,17,26,29H,3-4,6,11-14H2,1-2H3,(H,30,31)/t17-/m0/s1. The SMILES string of the molecule is CCCCCc1c(F)c(N(C)CCO)c(F)c(N[C@@H](Cc2ccccc2)C(=O)O)c1[N+](=O)[O-]. The van der Waals surface area contributed by atoms with Gasteiger partial charge in [0, 0.05) is 20.0 Å². The molecule has 0 amide bonds. The van der Waals surface area contributed by atoms with Crippen molar-refractivity contribution in [1.29, 1.82) is 0 Å². The van der Waals surface area contributed by atoms with Crippen LogP contribution in [-0.4, -0.2) is 47.3 Å². The number of carboxylic acids is 1. The summed E-state index contributed by atoms with van der Waals surface area (Å²) < 4.78 is 30.9. The number of nitrogens with one attached hydrogen (secondary N) is 1. The molecular formula is C23H29F2N3O5. The lowest BCUT2D eigenvalue weighted by Crippen LogP contribution is -2.33. The Balaban J connectivity index is 2.65. The summed E-state index contributed by atoms with van der Waals surface area (Å²) in [7, 11) is 1.35. The lowest BCUT2D eigenvalue weighted by Gasteiger charge is -2.24. The van der Waals surface area contributed by atoms with Crippen molar-refractivity contribution in [3.8, 4) is 0 Å². The largest absolute Gasteiger partial charge is 0.480 e. The maximum absolute atomic E-state index is 15.5. The Hall–Kier alpha value is -3.27. The predicted molar refractivity (Wildman–Crippen MR) is 122 cm³/mol. The Morgan fingerprint density at radius 3 is 2.42 bits per heavy atom.